The minimum Gasteiger partial charge on any atom is -0.487 e. The highest BCUT2D eigenvalue weighted by atomic mass is 16.5. The van der Waals surface area contributed by atoms with Crippen LogP contribution in [0, 0.1) is 0 Å². The van der Waals surface area contributed by atoms with Crippen LogP contribution in [0.25, 0.3) is 0 Å². The average molecular weight is 342 g/mol. The maximum atomic E-state index is 5.99. The summed E-state index contributed by atoms with van der Waals surface area (Å²) in [4.78, 5) is 4.81. The van der Waals surface area contributed by atoms with Crippen molar-refractivity contribution in [1.82, 2.24) is 0 Å². The van der Waals surface area contributed by atoms with Gasteiger partial charge in [0.2, 0.25) is 0 Å². The maximum absolute atomic E-state index is 5.99. The van der Waals surface area contributed by atoms with E-state index in [1.54, 1.807) is 0 Å². The second-order valence-corrected chi connectivity index (χ2v) is 7.10. The fourth-order valence-corrected chi connectivity index (χ4v) is 3.80. The molecule has 0 aromatic heterocycles. The molecule has 3 heteroatoms. The number of anilines is 2. The van der Waals surface area contributed by atoms with Gasteiger partial charge in [-0.15, -0.1) is 0 Å². The number of ether oxygens (including phenoxy) is 1. The van der Waals surface area contributed by atoms with Gasteiger partial charge >= 0.3 is 0 Å². The number of rotatable bonds is 4. The van der Waals surface area contributed by atoms with Crippen LogP contribution >= 0.6 is 0 Å². The van der Waals surface area contributed by atoms with Crippen molar-refractivity contribution in [2.75, 3.05) is 22.9 Å². The first-order chi connectivity index (χ1) is 12.8. The van der Waals surface area contributed by atoms with Crippen molar-refractivity contribution in [3.8, 4) is 5.75 Å². The van der Waals surface area contributed by atoms with E-state index in [4.69, 9.17) is 4.74 Å². The zero-order chi connectivity index (χ0) is 17.3. The van der Waals surface area contributed by atoms with Crippen LogP contribution in [0.15, 0.2) is 78.9 Å². The van der Waals surface area contributed by atoms with Gasteiger partial charge in [-0.25, -0.2) is 0 Å². The Kier molecular flexibility index (Phi) is 3.78. The first-order valence-electron chi connectivity index (χ1n) is 9.23. The smallest absolute Gasteiger partial charge is 0.133 e. The molecular weight excluding hydrogens is 320 g/mol. The molecule has 0 saturated carbocycles. The van der Waals surface area contributed by atoms with Crippen molar-refractivity contribution in [1.29, 1.82) is 0 Å². The van der Waals surface area contributed by atoms with E-state index in [2.05, 4.69) is 58.3 Å². The van der Waals surface area contributed by atoms with Crippen molar-refractivity contribution in [3.63, 3.8) is 0 Å². The molecule has 3 aromatic rings. The predicted molar refractivity (Wildman–Crippen MR) is 106 cm³/mol. The fourth-order valence-electron chi connectivity index (χ4n) is 3.80. The molecule has 0 bridgehead atoms. The van der Waals surface area contributed by atoms with Gasteiger partial charge in [-0.1, -0.05) is 42.5 Å². The Morgan fingerprint density at radius 1 is 0.615 bits per heavy atom. The van der Waals surface area contributed by atoms with Crippen LogP contribution in [-0.2, 0) is 13.1 Å². The van der Waals surface area contributed by atoms with Gasteiger partial charge < -0.3 is 14.5 Å². The van der Waals surface area contributed by atoms with Crippen molar-refractivity contribution in [2.24, 2.45) is 0 Å². The quantitative estimate of drug-likeness (QED) is 0.695. The Morgan fingerprint density at radius 2 is 1.15 bits per heavy atom. The van der Waals surface area contributed by atoms with Crippen LogP contribution in [0.3, 0.4) is 0 Å². The van der Waals surface area contributed by atoms with E-state index < -0.39 is 0 Å². The normalized spacial score (nSPS) is 16.3. The summed E-state index contributed by atoms with van der Waals surface area (Å²) in [6.07, 6.45) is 0.283. The first kappa shape index (κ1) is 15.3. The minimum absolute atomic E-state index is 0.283. The van der Waals surface area contributed by atoms with Crippen LogP contribution in [0.1, 0.15) is 11.1 Å². The van der Waals surface area contributed by atoms with Crippen LogP contribution in [-0.4, -0.2) is 19.2 Å². The largest absolute Gasteiger partial charge is 0.487 e. The molecule has 2 heterocycles. The summed E-state index contributed by atoms with van der Waals surface area (Å²) >= 11 is 0. The van der Waals surface area contributed by atoms with Crippen LogP contribution in [0.4, 0.5) is 11.4 Å². The average Bonchev–Trinajstić information content (AvgIpc) is 3.10. The number of para-hydroxylation sites is 1. The lowest BCUT2D eigenvalue weighted by Crippen LogP contribution is -2.54. The number of nitrogens with zero attached hydrogens (tertiary/aromatic N) is 2. The second-order valence-electron chi connectivity index (χ2n) is 7.10. The second kappa shape index (κ2) is 6.41. The zero-order valence-electron chi connectivity index (χ0n) is 14.7. The Hall–Kier alpha value is -2.94. The van der Waals surface area contributed by atoms with E-state index in [0.717, 1.165) is 31.9 Å². The van der Waals surface area contributed by atoms with E-state index in [9.17, 15) is 0 Å². The van der Waals surface area contributed by atoms with Crippen molar-refractivity contribution >= 4 is 11.4 Å². The molecule has 0 radical (unpaired) electrons. The van der Waals surface area contributed by atoms with Gasteiger partial charge in [-0.3, -0.25) is 0 Å². The highest BCUT2D eigenvalue weighted by Crippen LogP contribution is 2.31. The summed E-state index contributed by atoms with van der Waals surface area (Å²) < 4.78 is 5.99. The third kappa shape index (κ3) is 2.90. The highest BCUT2D eigenvalue weighted by Gasteiger charge is 2.28. The van der Waals surface area contributed by atoms with Crippen molar-refractivity contribution in [2.45, 2.75) is 19.2 Å². The molecule has 26 heavy (non-hydrogen) atoms. The van der Waals surface area contributed by atoms with Crippen LogP contribution in [0.5, 0.6) is 5.75 Å². The molecule has 130 valence electrons. The zero-order valence-corrected chi connectivity index (χ0v) is 14.7. The van der Waals surface area contributed by atoms with Gasteiger partial charge in [0.1, 0.15) is 11.9 Å². The lowest BCUT2D eigenvalue weighted by Gasteiger charge is -2.40. The van der Waals surface area contributed by atoms with Crippen molar-refractivity contribution < 1.29 is 4.74 Å². The molecule has 0 aliphatic carbocycles. The van der Waals surface area contributed by atoms with E-state index in [-0.39, 0.29) is 6.10 Å². The fraction of sp³-hybridized carbons (Fsp3) is 0.217. The summed E-state index contributed by atoms with van der Waals surface area (Å²) in [7, 11) is 0. The van der Waals surface area contributed by atoms with Gasteiger partial charge in [-0.05, 0) is 47.5 Å². The molecule has 0 atom stereocenters. The Balaban J connectivity index is 1.19. The molecule has 0 amide bonds. The van der Waals surface area contributed by atoms with Gasteiger partial charge in [0, 0.05) is 24.5 Å². The Labute approximate surface area is 154 Å². The van der Waals surface area contributed by atoms with Gasteiger partial charge in [0.25, 0.3) is 0 Å². The molecule has 0 unspecified atom stereocenters. The molecule has 1 saturated heterocycles. The van der Waals surface area contributed by atoms with E-state index in [1.165, 1.54) is 22.5 Å². The lowest BCUT2D eigenvalue weighted by molar-refractivity contribution is 0.167. The third-order valence-corrected chi connectivity index (χ3v) is 5.31. The summed E-state index contributed by atoms with van der Waals surface area (Å²) in [5.41, 5.74) is 5.46. The number of benzene rings is 3. The lowest BCUT2D eigenvalue weighted by atomic mass is 10.1. The standard InChI is InChI=1S/C23H22N2O/c1-2-8-22(9-3-1)26-23-16-25(17-23)21-12-10-20(11-13-21)24-14-18-6-4-5-7-19(18)15-24/h1-13,23H,14-17H2. The minimum atomic E-state index is 0.283. The third-order valence-electron chi connectivity index (χ3n) is 5.31. The molecule has 2 aliphatic rings. The summed E-state index contributed by atoms with van der Waals surface area (Å²) in [5, 5.41) is 0. The van der Waals surface area contributed by atoms with E-state index in [1.807, 2.05) is 30.3 Å². The number of fused-ring (bicyclic) bond motifs is 1. The molecule has 2 aliphatic heterocycles. The Bertz CT molecular complexity index is 861. The first-order valence-corrected chi connectivity index (χ1v) is 9.23. The monoisotopic (exact) mass is 342 g/mol. The predicted octanol–water partition coefficient (Wildman–Crippen LogP) is 4.47. The van der Waals surface area contributed by atoms with E-state index in [0.29, 0.717) is 0 Å². The summed E-state index contributed by atoms with van der Waals surface area (Å²) in [5.74, 6) is 0.959. The molecular formula is C23H22N2O. The van der Waals surface area contributed by atoms with Gasteiger partial charge in [0.05, 0.1) is 13.1 Å². The summed E-state index contributed by atoms with van der Waals surface area (Å²) in [6, 6.07) is 27.8. The van der Waals surface area contributed by atoms with Crippen molar-refractivity contribution in [3.05, 3.63) is 90.0 Å². The molecule has 0 N–H and O–H groups in total. The van der Waals surface area contributed by atoms with Gasteiger partial charge in [0.15, 0.2) is 0 Å². The highest BCUT2D eigenvalue weighted by molar-refractivity contribution is 5.59. The topological polar surface area (TPSA) is 15.7 Å². The summed E-state index contributed by atoms with van der Waals surface area (Å²) in [6.45, 7) is 3.91. The SMILES string of the molecule is c1ccc(OC2CN(c3ccc(N4Cc5ccccc5C4)cc3)C2)cc1. The molecule has 5 rings (SSSR count). The van der Waals surface area contributed by atoms with Crippen LogP contribution in [0.2, 0.25) is 0 Å². The molecule has 0 spiro atoms. The molecule has 3 aromatic carbocycles. The Morgan fingerprint density at radius 3 is 1.77 bits per heavy atom. The number of hydrogen-bond acceptors (Lipinski definition) is 3. The van der Waals surface area contributed by atoms with E-state index >= 15 is 0 Å². The molecule has 3 nitrogen and oxygen atoms in total. The number of hydrogen-bond donors (Lipinski definition) is 0. The molecule has 1 fully saturated rings. The van der Waals surface area contributed by atoms with Crippen LogP contribution < -0.4 is 14.5 Å². The maximum Gasteiger partial charge on any atom is 0.133 e. The van der Waals surface area contributed by atoms with Gasteiger partial charge in [-0.2, -0.15) is 0 Å².